The summed E-state index contributed by atoms with van der Waals surface area (Å²) in [7, 11) is 0. The van der Waals surface area contributed by atoms with Crippen LogP contribution < -0.4 is 10.6 Å². The molecule has 18 heavy (non-hydrogen) atoms. The first-order valence-electron chi connectivity index (χ1n) is 5.48. The van der Waals surface area contributed by atoms with Gasteiger partial charge in [-0.3, -0.25) is 4.79 Å². The Bertz CT molecular complexity index is 448. The first-order valence-corrected chi connectivity index (χ1v) is 6.66. The smallest absolute Gasteiger partial charge is 0.231 e. The van der Waals surface area contributed by atoms with Gasteiger partial charge in [-0.05, 0) is 54.0 Å². The first-order chi connectivity index (χ1) is 8.01. The van der Waals surface area contributed by atoms with Gasteiger partial charge < -0.3 is 10.6 Å². The fourth-order valence-electron chi connectivity index (χ4n) is 1.87. The molecule has 1 unspecified atom stereocenters. The van der Waals surface area contributed by atoms with Crippen LogP contribution in [0.2, 0.25) is 5.02 Å². The molecule has 1 amide bonds. The molecule has 1 aliphatic rings. The summed E-state index contributed by atoms with van der Waals surface area (Å²) in [5.74, 6) is 0.0525. The number of hydrogen-bond donors (Lipinski definition) is 2. The molecule has 0 radical (unpaired) electrons. The summed E-state index contributed by atoms with van der Waals surface area (Å²) < 4.78 is 0.784. The predicted molar refractivity (Wildman–Crippen MR) is 80.6 cm³/mol. The van der Waals surface area contributed by atoms with Gasteiger partial charge in [0.15, 0.2) is 0 Å². The van der Waals surface area contributed by atoms with Gasteiger partial charge in [-0.2, -0.15) is 0 Å². The van der Waals surface area contributed by atoms with Gasteiger partial charge in [-0.25, -0.2) is 0 Å². The van der Waals surface area contributed by atoms with Crippen molar-refractivity contribution in [1.82, 2.24) is 5.32 Å². The molecule has 1 atom stereocenters. The van der Waals surface area contributed by atoms with Crippen LogP contribution in [0, 0.1) is 5.41 Å². The Kier molecular flexibility index (Phi) is 5.46. The van der Waals surface area contributed by atoms with Crippen LogP contribution in [-0.4, -0.2) is 19.0 Å². The van der Waals surface area contributed by atoms with E-state index >= 15 is 0 Å². The van der Waals surface area contributed by atoms with E-state index in [1.807, 2.05) is 13.0 Å². The number of nitrogens with one attached hydrogen (secondary N) is 2. The molecule has 1 saturated heterocycles. The van der Waals surface area contributed by atoms with Crippen molar-refractivity contribution in [2.24, 2.45) is 5.41 Å². The lowest BCUT2D eigenvalue weighted by Gasteiger charge is -2.21. The minimum absolute atomic E-state index is 0. The van der Waals surface area contributed by atoms with Crippen molar-refractivity contribution in [1.29, 1.82) is 0 Å². The van der Waals surface area contributed by atoms with Crippen LogP contribution in [0.3, 0.4) is 0 Å². The average molecular weight is 354 g/mol. The number of rotatable bonds is 2. The fourth-order valence-corrected chi connectivity index (χ4v) is 2.36. The molecule has 1 aliphatic heterocycles. The number of carbonyl (C=O) groups is 1. The highest BCUT2D eigenvalue weighted by atomic mass is 79.9. The summed E-state index contributed by atoms with van der Waals surface area (Å²) >= 11 is 9.24. The number of benzene rings is 1. The highest BCUT2D eigenvalue weighted by Gasteiger charge is 2.36. The summed E-state index contributed by atoms with van der Waals surface area (Å²) in [6.07, 6.45) is 0.869. The largest absolute Gasteiger partial charge is 0.326 e. The lowest BCUT2D eigenvalue weighted by Crippen LogP contribution is -2.35. The van der Waals surface area contributed by atoms with Crippen LogP contribution in [0.1, 0.15) is 13.3 Å². The molecule has 1 fully saturated rings. The molecule has 0 aliphatic carbocycles. The second-order valence-corrected chi connectivity index (χ2v) is 5.83. The third-order valence-corrected chi connectivity index (χ3v) is 4.31. The minimum Gasteiger partial charge on any atom is -0.326 e. The maximum atomic E-state index is 12.1. The maximum absolute atomic E-state index is 12.1. The van der Waals surface area contributed by atoms with E-state index in [0.717, 1.165) is 29.7 Å². The topological polar surface area (TPSA) is 41.1 Å². The van der Waals surface area contributed by atoms with E-state index in [2.05, 4.69) is 26.6 Å². The molecule has 2 N–H and O–H groups in total. The molecule has 0 aromatic heterocycles. The number of carbonyl (C=O) groups excluding carboxylic acids is 1. The van der Waals surface area contributed by atoms with Gasteiger partial charge in [0.05, 0.1) is 10.4 Å². The number of halogens is 3. The van der Waals surface area contributed by atoms with Crippen molar-refractivity contribution in [2.45, 2.75) is 13.3 Å². The zero-order chi connectivity index (χ0) is 12.5. The van der Waals surface area contributed by atoms with Gasteiger partial charge in [-0.1, -0.05) is 11.6 Å². The monoisotopic (exact) mass is 352 g/mol. The van der Waals surface area contributed by atoms with Crippen LogP contribution in [0.15, 0.2) is 22.7 Å². The molecule has 3 nitrogen and oxygen atoms in total. The van der Waals surface area contributed by atoms with Crippen molar-refractivity contribution >= 4 is 51.5 Å². The molecule has 0 bridgehead atoms. The van der Waals surface area contributed by atoms with E-state index in [9.17, 15) is 4.79 Å². The second kappa shape index (κ2) is 6.24. The standard InChI is InChI=1S/C12H14BrClN2O.ClH/c1-12(4-5-15-7-12)11(17)16-8-2-3-10(14)9(13)6-8;/h2-3,6,15H,4-5,7H2,1H3,(H,16,17);1H. The predicted octanol–water partition coefficient (Wildman–Crippen LogP) is 3.46. The van der Waals surface area contributed by atoms with E-state index < -0.39 is 0 Å². The summed E-state index contributed by atoms with van der Waals surface area (Å²) in [6, 6.07) is 5.37. The van der Waals surface area contributed by atoms with Gasteiger partial charge in [0.25, 0.3) is 0 Å². The van der Waals surface area contributed by atoms with Gasteiger partial charge >= 0.3 is 0 Å². The van der Waals surface area contributed by atoms with Gasteiger partial charge in [0.2, 0.25) is 5.91 Å². The zero-order valence-electron chi connectivity index (χ0n) is 9.93. The third kappa shape index (κ3) is 3.38. The molecule has 1 aromatic rings. The Morgan fingerprint density at radius 2 is 2.28 bits per heavy atom. The van der Waals surface area contributed by atoms with Crippen LogP contribution in [-0.2, 0) is 4.79 Å². The Balaban J connectivity index is 0.00000162. The first kappa shape index (κ1) is 15.8. The Morgan fingerprint density at radius 3 is 2.83 bits per heavy atom. The number of hydrogen-bond acceptors (Lipinski definition) is 2. The molecule has 1 heterocycles. The van der Waals surface area contributed by atoms with Crippen LogP contribution in [0.4, 0.5) is 5.69 Å². The molecule has 100 valence electrons. The SMILES string of the molecule is CC1(C(=O)Nc2ccc(Cl)c(Br)c2)CCNC1.Cl. The molecular weight excluding hydrogens is 339 g/mol. The third-order valence-electron chi connectivity index (χ3n) is 3.09. The van der Waals surface area contributed by atoms with E-state index in [0.29, 0.717) is 5.02 Å². The van der Waals surface area contributed by atoms with Gasteiger partial charge in [-0.15, -0.1) is 12.4 Å². The highest BCUT2D eigenvalue weighted by molar-refractivity contribution is 9.10. The van der Waals surface area contributed by atoms with E-state index in [1.165, 1.54) is 0 Å². The minimum atomic E-state index is -0.313. The molecule has 6 heteroatoms. The number of amides is 1. The van der Waals surface area contributed by atoms with Crippen molar-refractivity contribution in [2.75, 3.05) is 18.4 Å². The normalized spacial score (nSPS) is 22.4. The van der Waals surface area contributed by atoms with Crippen molar-refractivity contribution in [3.63, 3.8) is 0 Å². The lowest BCUT2D eigenvalue weighted by molar-refractivity contribution is -0.123. The maximum Gasteiger partial charge on any atom is 0.231 e. The summed E-state index contributed by atoms with van der Waals surface area (Å²) in [5.41, 5.74) is 0.450. The Hall–Kier alpha value is -0.290. The molecule has 0 spiro atoms. The molecule has 0 saturated carbocycles. The van der Waals surface area contributed by atoms with Crippen molar-refractivity contribution in [3.05, 3.63) is 27.7 Å². The van der Waals surface area contributed by atoms with Crippen molar-refractivity contribution < 1.29 is 4.79 Å². The molecule has 1 aromatic carbocycles. The average Bonchev–Trinajstić information content (AvgIpc) is 2.72. The number of anilines is 1. The fraction of sp³-hybridized carbons (Fsp3) is 0.417. The summed E-state index contributed by atoms with van der Waals surface area (Å²) in [4.78, 5) is 12.1. The quantitative estimate of drug-likeness (QED) is 0.854. The van der Waals surface area contributed by atoms with E-state index in [4.69, 9.17) is 11.6 Å². The van der Waals surface area contributed by atoms with Crippen LogP contribution >= 0.6 is 39.9 Å². The molecule has 2 rings (SSSR count). The second-order valence-electron chi connectivity index (χ2n) is 4.57. The Morgan fingerprint density at radius 1 is 1.56 bits per heavy atom. The van der Waals surface area contributed by atoms with Crippen LogP contribution in [0.5, 0.6) is 0 Å². The zero-order valence-corrected chi connectivity index (χ0v) is 13.1. The van der Waals surface area contributed by atoms with E-state index in [-0.39, 0.29) is 23.7 Å². The lowest BCUT2D eigenvalue weighted by atomic mass is 9.89. The van der Waals surface area contributed by atoms with Gasteiger partial charge in [0, 0.05) is 16.7 Å². The van der Waals surface area contributed by atoms with Gasteiger partial charge in [0.1, 0.15) is 0 Å². The van der Waals surface area contributed by atoms with Crippen molar-refractivity contribution in [3.8, 4) is 0 Å². The molecular formula is C12H15BrCl2N2O. The summed E-state index contributed by atoms with van der Waals surface area (Å²) in [6.45, 7) is 3.61. The Labute approximate surface area is 126 Å². The summed E-state index contributed by atoms with van der Waals surface area (Å²) in [5, 5.41) is 6.77. The highest BCUT2D eigenvalue weighted by Crippen LogP contribution is 2.29. The van der Waals surface area contributed by atoms with Crippen LogP contribution in [0.25, 0.3) is 0 Å². The van der Waals surface area contributed by atoms with E-state index in [1.54, 1.807) is 12.1 Å².